The van der Waals surface area contributed by atoms with Crippen molar-refractivity contribution in [2.45, 2.75) is 44.7 Å². The highest BCUT2D eigenvalue weighted by Gasteiger charge is 2.29. The summed E-state index contributed by atoms with van der Waals surface area (Å²) in [4.78, 5) is 11.6. The molecule has 0 aliphatic heterocycles. The zero-order valence-electron chi connectivity index (χ0n) is 12.5. The third-order valence-corrected chi connectivity index (χ3v) is 5.10. The maximum Gasteiger partial charge on any atom is 0.337 e. The minimum atomic E-state index is -3.64. The maximum absolute atomic E-state index is 12.7. The first kappa shape index (κ1) is 16.7. The zero-order valence-corrected chi connectivity index (χ0v) is 13.3. The minimum Gasteiger partial charge on any atom is -0.465 e. The number of carbonyl (C=O) groups excluding carboxylic acids is 1. The molecule has 5 nitrogen and oxygen atoms in total. The van der Waals surface area contributed by atoms with Crippen molar-refractivity contribution in [3.05, 3.63) is 29.8 Å². The highest BCUT2D eigenvalue weighted by atomic mass is 32.2. The van der Waals surface area contributed by atoms with Crippen LogP contribution < -0.4 is 0 Å². The van der Waals surface area contributed by atoms with Gasteiger partial charge in [-0.1, -0.05) is 6.07 Å². The molecule has 0 unspecified atom stereocenters. The van der Waals surface area contributed by atoms with E-state index in [1.807, 2.05) is 27.7 Å². The average Bonchev–Trinajstić information content (AvgIpc) is 2.36. The number of sulfonamides is 1. The van der Waals surface area contributed by atoms with Gasteiger partial charge >= 0.3 is 5.97 Å². The first-order valence-corrected chi connectivity index (χ1v) is 7.87. The summed E-state index contributed by atoms with van der Waals surface area (Å²) in [5, 5.41) is 0. The second-order valence-electron chi connectivity index (χ2n) is 5.04. The van der Waals surface area contributed by atoms with E-state index in [0.717, 1.165) is 0 Å². The van der Waals surface area contributed by atoms with E-state index in [2.05, 4.69) is 4.74 Å². The van der Waals surface area contributed by atoms with E-state index in [1.54, 1.807) is 0 Å². The van der Waals surface area contributed by atoms with Gasteiger partial charge in [-0.3, -0.25) is 0 Å². The standard InChI is InChI=1S/C14H21NO4S/c1-10(2)15(11(3)4)20(17,18)13-8-6-7-12(9-13)14(16)19-5/h6-11H,1-5H3. The lowest BCUT2D eigenvalue weighted by atomic mass is 10.2. The fourth-order valence-electron chi connectivity index (χ4n) is 2.17. The number of methoxy groups -OCH3 is 1. The first-order chi connectivity index (χ1) is 9.21. The quantitative estimate of drug-likeness (QED) is 0.782. The molecule has 6 heteroatoms. The minimum absolute atomic E-state index is 0.0998. The third-order valence-electron chi connectivity index (χ3n) is 2.85. The summed E-state index contributed by atoms with van der Waals surface area (Å²) in [6, 6.07) is 5.57. The van der Waals surface area contributed by atoms with Crippen molar-refractivity contribution in [2.75, 3.05) is 7.11 Å². The van der Waals surface area contributed by atoms with Crippen LogP contribution in [0.1, 0.15) is 38.1 Å². The Hall–Kier alpha value is -1.40. The van der Waals surface area contributed by atoms with Gasteiger partial charge in [0, 0.05) is 12.1 Å². The van der Waals surface area contributed by atoms with Crippen molar-refractivity contribution in [1.82, 2.24) is 4.31 Å². The van der Waals surface area contributed by atoms with Crippen molar-refractivity contribution in [1.29, 1.82) is 0 Å². The van der Waals surface area contributed by atoms with E-state index >= 15 is 0 Å². The fraction of sp³-hybridized carbons (Fsp3) is 0.500. The van der Waals surface area contributed by atoms with E-state index in [-0.39, 0.29) is 22.5 Å². The molecule has 0 N–H and O–H groups in total. The molecule has 0 saturated heterocycles. The van der Waals surface area contributed by atoms with Crippen LogP contribution in [-0.2, 0) is 14.8 Å². The van der Waals surface area contributed by atoms with E-state index < -0.39 is 16.0 Å². The Morgan fingerprint density at radius 2 is 1.70 bits per heavy atom. The zero-order chi connectivity index (χ0) is 15.5. The topological polar surface area (TPSA) is 63.7 Å². The maximum atomic E-state index is 12.7. The molecule has 0 bridgehead atoms. The normalized spacial score (nSPS) is 12.2. The Bertz CT molecular complexity index is 571. The first-order valence-electron chi connectivity index (χ1n) is 6.43. The molecule has 0 amide bonds. The Balaban J connectivity index is 3.31. The average molecular weight is 299 g/mol. The number of nitrogens with zero attached hydrogens (tertiary/aromatic N) is 1. The summed E-state index contributed by atoms with van der Waals surface area (Å²) >= 11 is 0. The van der Waals surface area contributed by atoms with Crippen molar-refractivity contribution >= 4 is 16.0 Å². The number of esters is 1. The molecular formula is C14H21NO4S. The molecule has 1 aromatic rings. The number of hydrogen-bond acceptors (Lipinski definition) is 4. The van der Waals surface area contributed by atoms with Crippen LogP contribution in [0.15, 0.2) is 29.2 Å². The van der Waals surface area contributed by atoms with Gasteiger partial charge in [0.1, 0.15) is 0 Å². The third kappa shape index (κ3) is 3.37. The Morgan fingerprint density at radius 1 is 1.15 bits per heavy atom. The van der Waals surface area contributed by atoms with Gasteiger partial charge in [0.15, 0.2) is 0 Å². The van der Waals surface area contributed by atoms with Gasteiger partial charge in [-0.25, -0.2) is 13.2 Å². The van der Waals surface area contributed by atoms with Gasteiger partial charge in [0.05, 0.1) is 17.6 Å². The predicted octanol–water partition coefficient (Wildman–Crippen LogP) is 2.28. The van der Waals surface area contributed by atoms with Crippen LogP contribution in [0.5, 0.6) is 0 Å². The molecule has 0 aromatic heterocycles. The van der Waals surface area contributed by atoms with Crippen LogP contribution >= 0.6 is 0 Å². The molecule has 0 aliphatic rings. The van der Waals surface area contributed by atoms with Crippen molar-refractivity contribution < 1.29 is 17.9 Å². The van der Waals surface area contributed by atoms with Gasteiger partial charge < -0.3 is 4.74 Å². The molecule has 0 fully saturated rings. The molecule has 0 spiro atoms. The summed E-state index contributed by atoms with van der Waals surface area (Å²) in [7, 11) is -2.38. The molecule has 0 heterocycles. The number of benzene rings is 1. The molecule has 0 radical (unpaired) electrons. The highest BCUT2D eigenvalue weighted by Crippen LogP contribution is 2.22. The summed E-state index contributed by atoms with van der Waals surface area (Å²) in [5.41, 5.74) is 0.223. The van der Waals surface area contributed by atoms with Crippen LogP contribution in [0, 0.1) is 0 Å². The van der Waals surface area contributed by atoms with Gasteiger partial charge in [-0.15, -0.1) is 0 Å². The van der Waals surface area contributed by atoms with Gasteiger partial charge in [-0.2, -0.15) is 4.31 Å². The van der Waals surface area contributed by atoms with Crippen molar-refractivity contribution in [3.63, 3.8) is 0 Å². The van der Waals surface area contributed by atoms with Crippen molar-refractivity contribution in [2.24, 2.45) is 0 Å². The van der Waals surface area contributed by atoms with Crippen LogP contribution in [-0.4, -0.2) is 37.9 Å². The smallest absolute Gasteiger partial charge is 0.337 e. The number of ether oxygens (including phenoxy) is 1. The molecule has 112 valence electrons. The van der Waals surface area contributed by atoms with Crippen LogP contribution in [0.4, 0.5) is 0 Å². The van der Waals surface area contributed by atoms with E-state index in [1.165, 1.54) is 35.7 Å². The highest BCUT2D eigenvalue weighted by molar-refractivity contribution is 7.89. The van der Waals surface area contributed by atoms with Crippen LogP contribution in [0.3, 0.4) is 0 Å². The molecule has 0 atom stereocenters. The lowest BCUT2D eigenvalue weighted by Gasteiger charge is -2.29. The summed E-state index contributed by atoms with van der Waals surface area (Å²) < 4.78 is 31.3. The molecular weight excluding hydrogens is 278 g/mol. The second kappa shape index (κ2) is 6.37. The molecule has 1 aromatic carbocycles. The predicted molar refractivity (Wildman–Crippen MR) is 77.1 cm³/mol. The van der Waals surface area contributed by atoms with E-state index in [9.17, 15) is 13.2 Å². The number of hydrogen-bond donors (Lipinski definition) is 0. The Morgan fingerprint density at radius 3 is 2.15 bits per heavy atom. The lowest BCUT2D eigenvalue weighted by Crippen LogP contribution is -2.41. The fourth-order valence-corrected chi connectivity index (χ4v) is 4.05. The van der Waals surface area contributed by atoms with E-state index in [4.69, 9.17) is 0 Å². The monoisotopic (exact) mass is 299 g/mol. The number of carbonyl (C=O) groups is 1. The summed E-state index contributed by atoms with van der Waals surface area (Å²) in [6.45, 7) is 7.28. The van der Waals surface area contributed by atoms with Gasteiger partial charge in [0.2, 0.25) is 10.0 Å². The van der Waals surface area contributed by atoms with Crippen molar-refractivity contribution in [3.8, 4) is 0 Å². The SMILES string of the molecule is COC(=O)c1cccc(S(=O)(=O)N(C(C)C)C(C)C)c1. The molecule has 0 saturated carbocycles. The summed E-state index contributed by atoms with van der Waals surface area (Å²) in [5.74, 6) is -0.553. The van der Waals surface area contributed by atoms with Crippen LogP contribution in [0.25, 0.3) is 0 Å². The van der Waals surface area contributed by atoms with Crippen LogP contribution in [0.2, 0.25) is 0 Å². The van der Waals surface area contributed by atoms with E-state index in [0.29, 0.717) is 0 Å². The Kier molecular flexibility index (Phi) is 5.30. The number of rotatable bonds is 5. The van der Waals surface area contributed by atoms with Gasteiger partial charge in [-0.05, 0) is 45.9 Å². The second-order valence-corrected chi connectivity index (χ2v) is 6.89. The van der Waals surface area contributed by atoms with Gasteiger partial charge in [0.25, 0.3) is 0 Å². The molecule has 1 rings (SSSR count). The largest absolute Gasteiger partial charge is 0.465 e. The lowest BCUT2D eigenvalue weighted by molar-refractivity contribution is 0.0600. The summed E-state index contributed by atoms with van der Waals surface area (Å²) in [6.07, 6.45) is 0. The molecule has 20 heavy (non-hydrogen) atoms. The molecule has 0 aliphatic carbocycles. The Labute approximate surface area is 120 Å².